The molecule has 2 aromatic carbocycles. The van der Waals surface area contributed by atoms with Crippen molar-refractivity contribution in [3.05, 3.63) is 59.2 Å². The van der Waals surface area contributed by atoms with Gasteiger partial charge in [-0.05, 0) is 69.5 Å². The SMILES string of the molecule is CC[C@H](C)NC(=O)c1ccccc1NC(=O)[C@@H](C)Oc1cc(C)cc(C)c1. The molecule has 0 bridgehead atoms. The highest BCUT2D eigenvalue weighted by Crippen LogP contribution is 2.19. The molecule has 27 heavy (non-hydrogen) atoms. The number of rotatable bonds is 7. The number of amides is 2. The maximum Gasteiger partial charge on any atom is 0.265 e. The van der Waals surface area contributed by atoms with Gasteiger partial charge in [0.25, 0.3) is 11.8 Å². The molecule has 0 heterocycles. The number of benzene rings is 2. The van der Waals surface area contributed by atoms with E-state index in [4.69, 9.17) is 4.74 Å². The zero-order chi connectivity index (χ0) is 20.0. The summed E-state index contributed by atoms with van der Waals surface area (Å²) in [6.45, 7) is 9.60. The van der Waals surface area contributed by atoms with Gasteiger partial charge in [-0.2, -0.15) is 0 Å². The van der Waals surface area contributed by atoms with Crippen molar-refractivity contribution in [2.24, 2.45) is 0 Å². The average Bonchev–Trinajstić information content (AvgIpc) is 2.60. The van der Waals surface area contributed by atoms with Crippen molar-refractivity contribution >= 4 is 17.5 Å². The molecule has 2 amide bonds. The van der Waals surface area contributed by atoms with Gasteiger partial charge in [-0.25, -0.2) is 0 Å². The van der Waals surface area contributed by atoms with Crippen LogP contribution in [0.5, 0.6) is 5.75 Å². The number of anilines is 1. The summed E-state index contributed by atoms with van der Waals surface area (Å²) in [5.41, 5.74) is 3.05. The number of hydrogen-bond donors (Lipinski definition) is 2. The normalized spacial score (nSPS) is 12.8. The van der Waals surface area contributed by atoms with Gasteiger partial charge in [-0.1, -0.05) is 25.1 Å². The lowest BCUT2D eigenvalue weighted by atomic mass is 10.1. The molecule has 2 rings (SSSR count). The third kappa shape index (κ3) is 5.84. The molecular weight excluding hydrogens is 340 g/mol. The molecule has 5 nitrogen and oxygen atoms in total. The van der Waals surface area contributed by atoms with Gasteiger partial charge in [0.1, 0.15) is 5.75 Å². The molecule has 0 aliphatic carbocycles. The highest BCUT2D eigenvalue weighted by molar-refractivity contribution is 6.04. The fourth-order valence-corrected chi connectivity index (χ4v) is 2.69. The fourth-order valence-electron chi connectivity index (χ4n) is 2.69. The van der Waals surface area contributed by atoms with Crippen molar-refractivity contribution in [3.63, 3.8) is 0 Å². The topological polar surface area (TPSA) is 67.4 Å². The zero-order valence-electron chi connectivity index (χ0n) is 16.6. The van der Waals surface area contributed by atoms with Crippen LogP contribution in [0, 0.1) is 13.8 Å². The quantitative estimate of drug-likeness (QED) is 0.768. The van der Waals surface area contributed by atoms with Gasteiger partial charge in [-0.3, -0.25) is 9.59 Å². The number of ether oxygens (including phenoxy) is 1. The number of aryl methyl sites for hydroxylation is 2. The van der Waals surface area contributed by atoms with Gasteiger partial charge < -0.3 is 15.4 Å². The van der Waals surface area contributed by atoms with Crippen molar-refractivity contribution in [2.45, 2.75) is 53.2 Å². The zero-order valence-corrected chi connectivity index (χ0v) is 16.6. The Morgan fingerprint density at radius 2 is 1.67 bits per heavy atom. The average molecular weight is 368 g/mol. The summed E-state index contributed by atoms with van der Waals surface area (Å²) in [4.78, 5) is 25.0. The minimum absolute atomic E-state index is 0.0630. The van der Waals surface area contributed by atoms with Gasteiger partial charge in [0, 0.05) is 6.04 Å². The summed E-state index contributed by atoms with van der Waals surface area (Å²) >= 11 is 0. The van der Waals surface area contributed by atoms with Crippen LogP contribution >= 0.6 is 0 Å². The van der Waals surface area contributed by atoms with Crippen LogP contribution in [0.2, 0.25) is 0 Å². The highest BCUT2D eigenvalue weighted by Gasteiger charge is 2.19. The first-order valence-electron chi connectivity index (χ1n) is 9.25. The van der Waals surface area contributed by atoms with Crippen molar-refractivity contribution in [1.82, 2.24) is 5.32 Å². The van der Waals surface area contributed by atoms with E-state index in [1.54, 1.807) is 31.2 Å². The van der Waals surface area contributed by atoms with Crippen molar-refractivity contribution < 1.29 is 14.3 Å². The van der Waals surface area contributed by atoms with E-state index >= 15 is 0 Å². The van der Waals surface area contributed by atoms with E-state index in [1.165, 1.54) is 0 Å². The molecule has 0 saturated heterocycles. The minimum atomic E-state index is -0.697. The summed E-state index contributed by atoms with van der Waals surface area (Å²) in [5.74, 6) is 0.138. The van der Waals surface area contributed by atoms with Crippen LogP contribution in [0.15, 0.2) is 42.5 Å². The summed E-state index contributed by atoms with van der Waals surface area (Å²) in [6, 6.07) is 12.9. The van der Waals surface area contributed by atoms with Crippen molar-refractivity contribution in [1.29, 1.82) is 0 Å². The van der Waals surface area contributed by atoms with Gasteiger partial charge in [0.15, 0.2) is 6.10 Å². The molecule has 0 fully saturated rings. The first-order valence-corrected chi connectivity index (χ1v) is 9.25. The summed E-state index contributed by atoms with van der Waals surface area (Å²) in [7, 11) is 0. The minimum Gasteiger partial charge on any atom is -0.481 e. The van der Waals surface area contributed by atoms with Gasteiger partial charge in [0.2, 0.25) is 0 Å². The molecule has 0 aliphatic heterocycles. The van der Waals surface area contributed by atoms with Gasteiger partial charge >= 0.3 is 0 Å². The van der Waals surface area contributed by atoms with Crippen LogP contribution in [-0.4, -0.2) is 24.0 Å². The predicted octanol–water partition coefficient (Wildman–Crippen LogP) is 4.24. The molecule has 0 radical (unpaired) electrons. The molecule has 0 spiro atoms. The summed E-state index contributed by atoms with van der Waals surface area (Å²) in [5, 5.41) is 5.73. The number of carbonyl (C=O) groups excluding carboxylic acids is 2. The Balaban J connectivity index is 2.09. The maximum absolute atomic E-state index is 12.6. The van der Waals surface area contributed by atoms with Gasteiger partial charge in [-0.15, -0.1) is 0 Å². The number of hydrogen-bond acceptors (Lipinski definition) is 3. The highest BCUT2D eigenvalue weighted by atomic mass is 16.5. The number of para-hydroxylation sites is 1. The first kappa shape index (κ1) is 20.5. The molecule has 5 heteroatoms. The Labute approximate surface area is 161 Å². The van der Waals surface area contributed by atoms with Crippen molar-refractivity contribution in [3.8, 4) is 5.75 Å². The second kappa shape index (κ2) is 9.21. The Hall–Kier alpha value is -2.82. The smallest absolute Gasteiger partial charge is 0.265 e. The van der Waals surface area contributed by atoms with Crippen LogP contribution < -0.4 is 15.4 Å². The Morgan fingerprint density at radius 3 is 2.30 bits per heavy atom. The fraction of sp³-hybridized carbons (Fsp3) is 0.364. The van der Waals surface area contributed by atoms with E-state index in [0.717, 1.165) is 17.5 Å². The van der Waals surface area contributed by atoms with Crippen LogP contribution in [0.4, 0.5) is 5.69 Å². The molecule has 2 N–H and O–H groups in total. The number of carbonyl (C=O) groups is 2. The largest absolute Gasteiger partial charge is 0.481 e. The van der Waals surface area contributed by atoms with E-state index in [0.29, 0.717) is 17.0 Å². The molecule has 144 valence electrons. The monoisotopic (exact) mass is 368 g/mol. The van der Waals surface area contributed by atoms with Crippen LogP contribution in [-0.2, 0) is 4.79 Å². The Morgan fingerprint density at radius 1 is 1.04 bits per heavy atom. The molecule has 0 unspecified atom stereocenters. The third-order valence-corrected chi connectivity index (χ3v) is 4.30. The Bertz CT molecular complexity index is 797. The van der Waals surface area contributed by atoms with Crippen LogP contribution in [0.1, 0.15) is 48.7 Å². The molecule has 0 saturated carbocycles. The van der Waals surface area contributed by atoms with Crippen LogP contribution in [0.3, 0.4) is 0 Å². The van der Waals surface area contributed by atoms with E-state index < -0.39 is 6.10 Å². The Kier molecular flexibility index (Phi) is 6.99. The summed E-state index contributed by atoms with van der Waals surface area (Å²) in [6.07, 6.45) is 0.137. The second-order valence-corrected chi connectivity index (χ2v) is 6.90. The lowest BCUT2D eigenvalue weighted by Crippen LogP contribution is -2.34. The summed E-state index contributed by atoms with van der Waals surface area (Å²) < 4.78 is 5.78. The van der Waals surface area contributed by atoms with Crippen LogP contribution in [0.25, 0.3) is 0 Å². The van der Waals surface area contributed by atoms with E-state index in [-0.39, 0.29) is 17.9 Å². The van der Waals surface area contributed by atoms with E-state index in [2.05, 4.69) is 10.6 Å². The van der Waals surface area contributed by atoms with Gasteiger partial charge in [0.05, 0.1) is 11.3 Å². The first-order chi connectivity index (χ1) is 12.8. The molecule has 0 aliphatic rings. The standard InChI is InChI=1S/C22H28N2O3/c1-6-16(4)23-22(26)19-9-7-8-10-20(19)24-21(25)17(5)27-18-12-14(2)11-15(3)13-18/h7-13,16-17H,6H2,1-5H3,(H,23,26)(H,24,25)/t16-,17+/m0/s1. The number of nitrogens with one attached hydrogen (secondary N) is 2. The molecule has 2 aromatic rings. The second-order valence-electron chi connectivity index (χ2n) is 6.90. The third-order valence-electron chi connectivity index (χ3n) is 4.30. The molecular formula is C22H28N2O3. The predicted molar refractivity (Wildman–Crippen MR) is 108 cm³/mol. The van der Waals surface area contributed by atoms with Crippen molar-refractivity contribution in [2.75, 3.05) is 5.32 Å². The molecule has 0 aromatic heterocycles. The lowest BCUT2D eigenvalue weighted by molar-refractivity contribution is -0.122. The van der Waals surface area contributed by atoms with E-state index in [1.807, 2.05) is 45.9 Å². The maximum atomic E-state index is 12.6. The van der Waals surface area contributed by atoms with E-state index in [9.17, 15) is 9.59 Å². The lowest BCUT2D eigenvalue weighted by Gasteiger charge is -2.18. The molecule has 2 atom stereocenters.